The molecule has 2 amide bonds. The largest absolute Gasteiger partial charge is 0.376 e. The van der Waals surface area contributed by atoms with Gasteiger partial charge < -0.3 is 16.4 Å². The van der Waals surface area contributed by atoms with Gasteiger partial charge >= 0.3 is 0 Å². The molecule has 0 bridgehead atoms. The second-order valence-electron chi connectivity index (χ2n) is 5.62. The van der Waals surface area contributed by atoms with Crippen molar-refractivity contribution in [3.8, 4) is 0 Å². The van der Waals surface area contributed by atoms with E-state index in [9.17, 15) is 18.0 Å². The number of hydrogen-bond donors (Lipinski definition) is 3. The van der Waals surface area contributed by atoms with Crippen molar-refractivity contribution < 1.29 is 18.0 Å². The SMILES string of the molecule is CN(C)S(=O)(=O)c1ccc(NC(=O)CNc2ccccc2C(N)=O)cc1. The standard InChI is InChI=1S/C17H20N4O4S/c1-21(2)26(24,25)13-9-7-12(8-10-13)20-16(22)11-19-15-6-4-3-5-14(15)17(18)23/h3-10,19H,11H2,1-2H3,(H2,18,23)(H,20,22). The molecule has 9 heteroatoms. The van der Waals surface area contributed by atoms with E-state index >= 15 is 0 Å². The molecular weight excluding hydrogens is 356 g/mol. The zero-order valence-electron chi connectivity index (χ0n) is 14.4. The lowest BCUT2D eigenvalue weighted by atomic mass is 10.1. The van der Waals surface area contributed by atoms with Gasteiger partial charge in [0.15, 0.2) is 0 Å². The lowest BCUT2D eigenvalue weighted by Gasteiger charge is -2.12. The zero-order chi connectivity index (χ0) is 19.3. The Morgan fingerprint density at radius 1 is 1.04 bits per heavy atom. The Kier molecular flexibility index (Phi) is 5.96. The molecule has 2 aromatic rings. The number of sulfonamides is 1. The average Bonchev–Trinajstić information content (AvgIpc) is 2.60. The number of nitrogens with one attached hydrogen (secondary N) is 2. The number of amides is 2. The minimum atomic E-state index is -3.52. The van der Waals surface area contributed by atoms with Crippen LogP contribution < -0.4 is 16.4 Å². The molecule has 2 rings (SSSR count). The summed E-state index contributed by atoms with van der Waals surface area (Å²) in [5, 5.41) is 5.49. The van der Waals surface area contributed by atoms with Crippen LogP contribution in [0.4, 0.5) is 11.4 Å². The van der Waals surface area contributed by atoms with Crippen molar-refractivity contribution in [3.63, 3.8) is 0 Å². The van der Waals surface area contributed by atoms with Gasteiger partial charge in [-0.3, -0.25) is 9.59 Å². The Morgan fingerprint density at radius 3 is 2.23 bits per heavy atom. The Balaban J connectivity index is 2.00. The third-order valence-electron chi connectivity index (χ3n) is 3.55. The van der Waals surface area contributed by atoms with Crippen molar-refractivity contribution in [2.45, 2.75) is 4.90 Å². The molecule has 0 spiro atoms. The highest BCUT2D eigenvalue weighted by Crippen LogP contribution is 2.17. The van der Waals surface area contributed by atoms with E-state index in [1.165, 1.54) is 38.4 Å². The smallest absolute Gasteiger partial charge is 0.250 e. The van der Waals surface area contributed by atoms with Crippen LogP contribution >= 0.6 is 0 Å². The normalized spacial score (nSPS) is 11.2. The number of carbonyl (C=O) groups excluding carboxylic acids is 2. The fourth-order valence-corrected chi connectivity index (χ4v) is 3.06. The predicted octanol–water partition coefficient (Wildman–Crippen LogP) is 1.09. The van der Waals surface area contributed by atoms with Crippen LogP contribution in [0.1, 0.15) is 10.4 Å². The first kappa shape index (κ1) is 19.4. The summed E-state index contributed by atoms with van der Waals surface area (Å²) in [6.45, 7) is -0.0813. The van der Waals surface area contributed by atoms with E-state index in [1.807, 2.05) is 0 Å². The Morgan fingerprint density at radius 2 is 1.65 bits per heavy atom. The molecule has 8 nitrogen and oxygen atoms in total. The fourth-order valence-electron chi connectivity index (χ4n) is 2.15. The van der Waals surface area contributed by atoms with Gasteiger partial charge in [0.05, 0.1) is 17.0 Å². The lowest BCUT2D eigenvalue weighted by molar-refractivity contribution is -0.114. The average molecular weight is 376 g/mol. The van der Waals surface area contributed by atoms with Gasteiger partial charge in [0.1, 0.15) is 0 Å². The first-order valence-corrected chi connectivity index (χ1v) is 9.11. The van der Waals surface area contributed by atoms with Crippen LogP contribution in [0.3, 0.4) is 0 Å². The van der Waals surface area contributed by atoms with Crippen LogP contribution in [0.2, 0.25) is 0 Å². The van der Waals surface area contributed by atoms with E-state index < -0.39 is 15.9 Å². The van der Waals surface area contributed by atoms with Crippen molar-refractivity contribution in [2.75, 3.05) is 31.3 Å². The van der Waals surface area contributed by atoms with E-state index in [0.717, 1.165) is 4.31 Å². The molecule has 4 N–H and O–H groups in total. The monoisotopic (exact) mass is 376 g/mol. The van der Waals surface area contributed by atoms with E-state index in [2.05, 4.69) is 10.6 Å². The summed E-state index contributed by atoms with van der Waals surface area (Å²) in [4.78, 5) is 23.5. The van der Waals surface area contributed by atoms with Crippen LogP contribution in [0, 0.1) is 0 Å². The number of rotatable bonds is 7. The van der Waals surface area contributed by atoms with Crippen LogP contribution in [0.15, 0.2) is 53.4 Å². The third-order valence-corrected chi connectivity index (χ3v) is 5.38. The highest BCUT2D eigenvalue weighted by atomic mass is 32.2. The molecule has 0 heterocycles. The first-order valence-electron chi connectivity index (χ1n) is 7.67. The summed E-state index contributed by atoms with van der Waals surface area (Å²) in [6, 6.07) is 12.4. The molecule has 138 valence electrons. The van der Waals surface area contributed by atoms with Gasteiger partial charge in [-0.1, -0.05) is 12.1 Å². The molecule has 0 aliphatic rings. The molecule has 0 aliphatic heterocycles. The molecule has 0 aliphatic carbocycles. The van der Waals surface area contributed by atoms with Crippen molar-refractivity contribution in [3.05, 3.63) is 54.1 Å². The molecular formula is C17H20N4O4S. The maximum Gasteiger partial charge on any atom is 0.250 e. The van der Waals surface area contributed by atoms with Crippen LogP contribution in [-0.2, 0) is 14.8 Å². The van der Waals surface area contributed by atoms with Crippen LogP contribution in [-0.4, -0.2) is 45.2 Å². The second-order valence-corrected chi connectivity index (χ2v) is 7.78. The molecule has 0 radical (unpaired) electrons. The number of anilines is 2. The maximum atomic E-state index is 12.0. The van der Waals surface area contributed by atoms with Gasteiger partial charge in [0.25, 0.3) is 5.91 Å². The zero-order valence-corrected chi connectivity index (χ0v) is 15.2. The molecule has 0 aromatic heterocycles. The number of para-hydroxylation sites is 1. The van der Waals surface area contributed by atoms with Crippen molar-refractivity contribution >= 4 is 33.2 Å². The summed E-state index contributed by atoms with van der Waals surface area (Å²) >= 11 is 0. The Hall–Kier alpha value is -2.91. The highest BCUT2D eigenvalue weighted by Gasteiger charge is 2.16. The number of benzene rings is 2. The van der Waals surface area contributed by atoms with Gasteiger partial charge in [0, 0.05) is 25.5 Å². The number of nitrogens with two attached hydrogens (primary N) is 1. The van der Waals surface area contributed by atoms with Gasteiger partial charge in [-0.2, -0.15) is 0 Å². The Labute approximate surface area is 152 Å². The van der Waals surface area contributed by atoms with E-state index in [0.29, 0.717) is 16.9 Å². The third kappa shape index (κ3) is 4.58. The minimum Gasteiger partial charge on any atom is -0.376 e. The summed E-state index contributed by atoms with van der Waals surface area (Å²) in [6.07, 6.45) is 0. The van der Waals surface area contributed by atoms with Crippen LogP contribution in [0.25, 0.3) is 0 Å². The van der Waals surface area contributed by atoms with Gasteiger partial charge in [-0.15, -0.1) is 0 Å². The lowest BCUT2D eigenvalue weighted by Crippen LogP contribution is -2.24. The van der Waals surface area contributed by atoms with E-state index in [-0.39, 0.29) is 17.3 Å². The topological polar surface area (TPSA) is 122 Å². The first-order chi connectivity index (χ1) is 12.2. The van der Waals surface area contributed by atoms with E-state index in [4.69, 9.17) is 5.73 Å². The van der Waals surface area contributed by atoms with Crippen LogP contribution in [0.5, 0.6) is 0 Å². The summed E-state index contributed by atoms with van der Waals surface area (Å²) in [5.74, 6) is -0.946. The Bertz CT molecular complexity index is 909. The van der Waals surface area contributed by atoms with Gasteiger partial charge in [-0.05, 0) is 36.4 Å². The molecule has 0 atom stereocenters. The maximum absolute atomic E-state index is 12.0. The quantitative estimate of drug-likeness (QED) is 0.668. The molecule has 2 aromatic carbocycles. The molecule has 0 saturated heterocycles. The minimum absolute atomic E-state index is 0.0813. The summed E-state index contributed by atoms with van der Waals surface area (Å²) in [7, 11) is -0.627. The van der Waals surface area contributed by atoms with Gasteiger partial charge in [0.2, 0.25) is 15.9 Å². The highest BCUT2D eigenvalue weighted by molar-refractivity contribution is 7.89. The molecule has 0 fully saturated rings. The summed E-state index contributed by atoms with van der Waals surface area (Å²) in [5.41, 5.74) is 6.49. The fraction of sp³-hybridized carbons (Fsp3) is 0.176. The molecule has 26 heavy (non-hydrogen) atoms. The van der Waals surface area contributed by atoms with E-state index in [1.54, 1.807) is 24.3 Å². The summed E-state index contributed by atoms with van der Waals surface area (Å²) < 4.78 is 25.1. The van der Waals surface area contributed by atoms with Crippen molar-refractivity contribution in [2.24, 2.45) is 5.73 Å². The van der Waals surface area contributed by atoms with Gasteiger partial charge in [-0.25, -0.2) is 12.7 Å². The molecule has 0 unspecified atom stereocenters. The number of carbonyl (C=O) groups is 2. The predicted molar refractivity (Wildman–Crippen MR) is 99.4 cm³/mol. The molecule has 0 saturated carbocycles. The number of nitrogens with zero attached hydrogens (tertiary/aromatic N) is 1. The second kappa shape index (κ2) is 7.98. The number of hydrogen-bond acceptors (Lipinski definition) is 5. The van der Waals surface area contributed by atoms with Crippen molar-refractivity contribution in [1.82, 2.24) is 4.31 Å². The van der Waals surface area contributed by atoms with Crippen molar-refractivity contribution in [1.29, 1.82) is 0 Å². The number of primary amides is 1.